The summed E-state index contributed by atoms with van der Waals surface area (Å²) < 4.78 is 5.40. The van der Waals surface area contributed by atoms with Crippen LogP contribution in [0.15, 0.2) is 6.07 Å². The Morgan fingerprint density at radius 3 is 2.42 bits per heavy atom. The van der Waals surface area contributed by atoms with Gasteiger partial charge in [0.05, 0.1) is 7.11 Å². The minimum absolute atomic E-state index is 0.0375. The molecule has 0 aliphatic rings. The first-order chi connectivity index (χ1) is 8.86. The Morgan fingerprint density at radius 2 is 1.89 bits per heavy atom. The fraction of sp³-hybridized carbons (Fsp3) is 0.533. The molecular formula is C15H24N2O2. The van der Waals surface area contributed by atoms with Gasteiger partial charge >= 0.3 is 0 Å². The minimum atomic E-state index is 0.0375. The van der Waals surface area contributed by atoms with Gasteiger partial charge in [0.15, 0.2) is 0 Å². The molecule has 1 rings (SSSR count). The molecule has 0 atom stereocenters. The normalized spacial score (nSPS) is 10.7. The van der Waals surface area contributed by atoms with E-state index in [1.807, 2.05) is 21.0 Å². The predicted octanol–water partition coefficient (Wildman–Crippen LogP) is 2.15. The van der Waals surface area contributed by atoms with Gasteiger partial charge in [0.1, 0.15) is 5.75 Å². The van der Waals surface area contributed by atoms with E-state index in [9.17, 15) is 4.79 Å². The van der Waals surface area contributed by atoms with Crippen molar-refractivity contribution in [2.24, 2.45) is 0 Å². The first kappa shape index (κ1) is 15.5. The Morgan fingerprint density at radius 1 is 1.26 bits per heavy atom. The summed E-state index contributed by atoms with van der Waals surface area (Å²) >= 11 is 0. The van der Waals surface area contributed by atoms with Crippen LogP contribution in [0.2, 0.25) is 0 Å². The smallest absolute Gasteiger partial charge is 0.234 e. The van der Waals surface area contributed by atoms with Crippen LogP contribution in [0.3, 0.4) is 0 Å². The predicted molar refractivity (Wildman–Crippen MR) is 77.4 cm³/mol. The number of benzene rings is 1. The van der Waals surface area contributed by atoms with E-state index in [-0.39, 0.29) is 5.91 Å². The molecule has 0 heterocycles. The lowest BCUT2D eigenvalue weighted by molar-refractivity contribution is -0.124. The highest BCUT2D eigenvalue weighted by molar-refractivity contribution is 5.75. The van der Waals surface area contributed by atoms with Gasteiger partial charge in [-0.1, -0.05) is 6.07 Å². The Hall–Kier alpha value is -1.55. The average molecular weight is 264 g/mol. The molecule has 1 aromatic rings. The number of aryl methyl sites for hydroxylation is 2. The molecule has 0 saturated heterocycles. The molecule has 19 heavy (non-hydrogen) atoms. The van der Waals surface area contributed by atoms with Crippen molar-refractivity contribution in [1.82, 2.24) is 10.4 Å². The third-order valence-electron chi connectivity index (χ3n) is 3.31. The fourth-order valence-corrected chi connectivity index (χ4v) is 2.27. The fourth-order valence-electron chi connectivity index (χ4n) is 2.27. The highest BCUT2D eigenvalue weighted by Crippen LogP contribution is 2.29. The molecule has 4 nitrogen and oxygen atoms in total. The number of amides is 1. The molecule has 0 fully saturated rings. The number of carbonyl (C=O) groups is 1. The molecule has 0 saturated carbocycles. The van der Waals surface area contributed by atoms with Crippen LogP contribution in [0.5, 0.6) is 5.75 Å². The Bertz CT molecular complexity index is 468. The molecule has 106 valence electrons. The quantitative estimate of drug-likeness (QED) is 0.829. The van der Waals surface area contributed by atoms with Crippen molar-refractivity contribution in [2.75, 3.05) is 21.2 Å². The van der Waals surface area contributed by atoms with Crippen molar-refractivity contribution >= 4 is 5.91 Å². The zero-order valence-corrected chi connectivity index (χ0v) is 12.8. The number of carbonyl (C=O) groups excluding carboxylic acids is 1. The highest BCUT2D eigenvalue weighted by Gasteiger charge is 2.12. The summed E-state index contributed by atoms with van der Waals surface area (Å²) in [5.74, 6) is 0.981. The van der Waals surface area contributed by atoms with Gasteiger partial charge < -0.3 is 4.74 Å². The van der Waals surface area contributed by atoms with Gasteiger partial charge in [-0.15, -0.1) is 0 Å². The highest BCUT2D eigenvalue weighted by atomic mass is 16.5. The summed E-state index contributed by atoms with van der Waals surface area (Å²) in [5.41, 5.74) is 7.45. The first-order valence-corrected chi connectivity index (χ1v) is 6.47. The standard InChI is InChI=1S/C15H24N2O2/c1-10-9-13(7-8-14(18)16-17(4)5)11(2)12(3)15(10)19-6/h9H,7-8H2,1-6H3,(H,16,18). The van der Waals surface area contributed by atoms with Crippen LogP contribution in [0, 0.1) is 20.8 Å². The van der Waals surface area contributed by atoms with E-state index >= 15 is 0 Å². The summed E-state index contributed by atoms with van der Waals surface area (Å²) in [6.07, 6.45) is 1.24. The van der Waals surface area contributed by atoms with Gasteiger partial charge in [-0.2, -0.15) is 0 Å². The number of nitrogens with one attached hydrogen (secondary N) is 1. The van der Waals surface area contributed by atoms with Gasteiger partial charge in [0.25, 0.3) is 0 Å². The van der Waals surface area contributed by atoms with Gasteiger partial charge in [-0.3, -0.25) is 10.2 Å². The molecule has 1 N–H and O–H groups in total. The second kappa shape index (κ2) is 6.57. The van der Waals surface area contributed by atoms with Gasteiger partial charge in [0.2, 0.25) is 5.91 Å². The zero-order chi connectivity index (χ0) is 14.6. The number of hydrogen-bond acceptors (Lipinski definition) is 3. The summed E-state index contributed by atoms with van der Waals surface area (Å²) in [7, 11) is 5.31. The molecule has 0 unspecified atom stereocenters. The van der Waals surface area contributed by atoms with Crippen molar-refractivity contribution in [3.63, 3.8) is 0 Å². The van der Waals surface area contributed by atoms with Crippen LogP contribution in [-0.4, -0.2) is 32.1 Å². The maximum absolute atomic E-state index is 11.7. The summed E-state index contributed by atoms with van der Waals surface area (Å²) in [6.45, 7) is 6.18. The van der Waals surface area contributed by atoms with Crippen molar-refractivity contribution < 1.29 is 9.53 Å². The molecule has 1 aromatic carbocycles. The second-order valence-electron chi connectivity index (χ2n) is 5.07. The van der Waals surface area contributed by atoms with Crippen LogP contribution in [-0.2, 0) is 11.2 Å². The van der Waals surface area contributed by atoms with Gasteiger partial charge in [-0.25, -0.2) is 5.01 Å². The van der Waals surface area contributed by atoms with E-state index < -0.39 is 0 Å². The van der Waals surface area contributed by atoms with E-state index in [4.69, 9.17) is 4.74 Å². The second-order valence-corrected chi connectivity index (χ2v) is 5.07. The van der Waals surface area contributed by atoms with Crippen molar-refractivity contribution in [1.29, 1.82) is 0 Å². The van der Waals surface area contributed by atoms with Crippen LogP contribution >= 0.6 is 0 Å². The lowest BCUT2D eigenvalue weighted by Crippen LogP contribution is -2.36. The van der Waals surface area contributed by atoms with Crippen LogP contribution in [0.4, 0.5) is 0 Å². The number of nitrogens with zero attached hydrogens (tertiary/aromatic N) is 1. The van der Waals surface area contributed by atoms with Crippen molar-refractivity contribution in [3.8, 4) is 5.75 Å². The van der Waals surface area contributed by atoms with Gasteiger partial charge in [0, 0.05) is 20.5 Å². The molecule has 4 heteroatoms. The minimum Gasteiger partial charge on any atom is -0.496 e. The van der Waals surface area contributed by atoms with Crippen LogP contribution in [0.25, 0.3) is 0 Å². The summed E-state index contributed by atoms with van der Waals surface area (Å²) in [4.78, 5) is 11.7. The summed E-state index contributed by atoms with van der Waals surface area (Å²) in [6, 6.07) is 2.12. The topological polar surface area (TPSA) is 41.6 Å². The Balaban J connectivity index is 2.83. The Kier molecular flexibility index (Phi) is 5.36. The van der Waals surface area contributed by atoms with E-state index in [0.29, 0.717) is 6.42 Å². The van der Waals surface area contributed by atoms with E-state index in [1.54, 1.807) is 12.1 Å². The SMILES string of the molecule is COc1c(C)cc(CCC(=O)NN(C)C)c(C)c1C. The van der Waals surface area contributed by atoms with E-state index in [1.165, 1.54) is 11.1 Å². The lowest BCUT2D eigenvalue weighted by Gasteiger charge is -2.16. The first-order valence-electron chi connectivity index (χ1n) is 6.47. The molecule has 0 aliphatic carbocycles. The molecular weight excluding hydrogens is 240 g/mol. The number of ether oxygens (including phenoxy) is 1. The van der Waals surface area contributed by atoms with E-state index in [0.717, 1.165) is 23.3 Å². The molecule has 1 amide bonds. The lowest BCUT2D eigenvalue weighted by atomic mass is 9.95. The molecule has 0 aromatic heterocycles. The van der Waals surface area contributed by atoms with Crippen LogP contribution < -0.4 is 10.2 Å². The third-order valence-corrected chi connectivity index (χ3v) is 3.31. The number of hydrogen-bond donors (Lipinski definition) is 1. The average Bonchev–Trinajstić information content (AvgIpc) is 2.32. The van der Waals surface area contributed by atoms with Gasteiger partial charge in [-0.05, 0) is 49.4 Å². The summed E-state index contributed by atoms with van der Waals surface area (Å²) in [5, 5.41) is 1.67. The monoisotopic (exact) mass is 264 g/mol. The molecule has 0 spiro atoms. The molecule has 0 aliphatic heterocycles. The zero-order valence-electron chi connectivity index (χ0n) is 12.8. The van der Waals surface area contributed by atoms with Crippen molar-refractivity contribution in [3.05, 3.63) is 28.3 Å². The van der Waals surface area contributed by atoms with Crippen LogP contribution in [0.1, 0.15) is 28.7 Å². The largest absolute Gasteiger partial charge is 0.496 e. The number of rotatable bonds is 5. The van der Waals surface area contributed by atoms with E-state index in [2.05, 4.69) is 25.3 Å². The molecule has 0 radical (unpaired) electrons. The number of methoxy groups -OCH3 is 1. The molecule has 0 bridgehead atoms. The number of hydrazine groups is 1. The third kappa shape index (κ3) is 3.96. The maximum atomic E-state index is 11.7. The Labute approximate surface area is 115 Å². The van der Waals surface area contributed by atoms with Crippen molar-refractivity contribution in [2.45, 2.75) is 33.6 Å². The maximum Gasteiger partial charge on any atom is 0.234 e.